The first-order chi connectivity index (χ1) is 25.1. The molecule has 0 atom stereocenters. The number of nitrogens with zero attached hydrogens (tertiary/aromatic N) is 2. The molecule has 6 aromatic carbocycles. The molecule has 1 aromatic heterocycles. The summed E-state index contributed by atoms with van der Waals surface area (Å²) in [5.41, 5.74) is 7.00. The Bertz CT molecular complexity index is 1930. The van der Waals surface area contributed by atoms with Crippen molar-refractivity contribution in [3.8, 4) is 0 Å². The fourth-order valence-corrected chi connectivity index (χ4v) is 11.7. The monoisotopic (exact) mass is 694 g/mol. The highest BCUT2D eigenvalue weighted by Gasteiger charge is 2.40. The molecular weight excluding hydrogens is 643 g/mol. The van der Waals surface area contributed by atoms with Gasteiger partial charge in [0.05, 0.1) is 6.33 Å². The summed E-state index contributed by atoms with van der Waals surface area (Å²) in [5, 5.41) is 4.28. The van der Waals surface area contributed by atoms with Crippen molar-refractivity contribution in [2.45, 2.75) is 58.5 Å². The van der Waals surface area contributed by atoms with Gasteiger partial charge in [-0.15, -0.1) is 0 Å². The summed E-state index contributed by atoms with van der Waals surface area (Å²) in [5.74, 6) is 0. The Morgan fingerprint density at radius 1 is 0.462 bits per heavy atom. The first kappa shape index (κ1) is 36.6. The van der Waals surface area contributed by atoms with Gasteiger partial charge in [-0.1, -0.05) is 228 Å². The van der Waals surface area contributed by atoms with Crippen LogP contribution in [-0.2, 0) is 17.0 Å². The van der Waals surface area contributed by atoms with Gasteiger partial charge in [-0.3, -0.25) is 0 Å². The zero-order valence-corrected chi connectivity index (χ0v) is 32.6. The van der Waals surface area contributed by atoms with Gasteiger partial charge in [0.2, 0.25) is 6.71 Å². The fraction of sp³-hybridized carbons (Fsp3) is 0.188. The number of benzene rings is 6. The fourth-order valence-electron chi connectivity index (χ4n) is 7.17. The quantitative estimate of drug-likeness (QED) is 0.120. The SMILES string of the molecule is CC(C)(C)c1ccc([Si](Cn2ccnc2)(c2ccccc2)c2ccc(C(C)(C)C)cc2)cc1.c1ccc(B(c2ccccc2)c2ccccc2)cc1. The molecule has 0 amide bonds. The molecule has 0 fully saturated rings. The minimum atomic E-state index is -2.37. The number of imidazole rings is 1. The van der Waals surface area contributed by atoms with Crippen molar-refractivity contribution in [3.05, 3.63) is 200 Å². The van der Waals surface area contributed by atoms with Gasteiger partial charge >= 0.3 is 0 Å². The highest BCUT2D eigenvalue weighted by atomic mass is 28.3. The lowest BCUT2D eigenvalue weighted by Gasteiger charge is -2.35. The van der Waals surface area contributed by atoms with Gasteiger partial charge in [-0.05, 0) is 37.5 Å². The minimum Gasteiger partial charge on any atom is -0.339 e. The maximum absolute atomic E-state index is 4.37. The molecule has 260 valence electrons. The zero-order valence-electron chi connectivity index (χ0n) is 31.6. The molecular formula is C48H51BN2Si. The van der Waals surface area contributed by atoms with E-state index in [9.17, 15) is 0 Å². The zero-order chi connectivity index (χ0) is 36.6. The summed E-state index contributed by atoms with van der Waals surface area (Å²) in [6.07, 6.45) is 6.85. The second-order valence-corrected chi connectivity index (χ2v) is 19.7. The van der Waals surface area contributed by atoms with Gasteiger partial charge in [0, 0.05) is 18.6 Å². The van der Waals surface area contributed by atoms with Crippen molar-refractivity contribution < 1.29 is 0 Å². The van der Waals surface area contributed by atoms with Crippen LogP contribution in [0.3, 0.4) is 0 Å². The lowest BCUT2D eigenvalue weighted by molar-refractivity contribution is 0.590. The Balaban J connectivity index is 0.000000206. The summed E-state index contributed by atoms with van der Waals surface area (Å²) in [6, 6.07) is 62.0. The Morgan fingerprint density at radius 2 is 0.808 bits per heavy atom. The summed E-state index contributed by atoms with van der Waals surface area (Å²) < 4.78 is 2.26. The van der Waals surface area contributed by atoms with Crippen LogP contribution in [0.15, 0.2) is 189 Å². The van der Waals surface area contributed by atoms with Crippen LogP contribution in [0.5, 0.6) is 0 Å². The lowest BCUT2D eigenvalue weighted by Crippen LogP contribution is -2.69. The number of rotatable bonds is 8. The molecule has 0 aliphatic rings. The molecule has 2 nitrogen and oxygen atoms in total. The van der Waals surface area contributed by atoms with Crippen molar-refractivity contribution in [2.24, 2.45) is 0 Å². The molecule has 1 heterocycles. The van der Waals surface area contributed by atoms with Crippen molar-refractivity contribution in [1.29, 1.82) is 0 Å². The summed E-state index contributed by atoms with van der Waals surface area (Å²) in [7, 11) is -2.37. The molecule has 0 radical (unpaired) electrons. The summed E-state index contributed by atoms with van der Waals surface area (Å²) in [6.45, 7) is 14.0. The maximum Gasteiger partial charge on any atom is 0.241 e. The van der Waals surface area contributed by atoms with Crippen molar-refractivity contribution in [1.82, 2.24) is 9.55 Å². The van der Waals surface area contributed by atoms with Gasteiger partial charge in [-0.25, -0.2) is 4.98 Å². The second kappa shape index (κ2) is 16.0. The van der Waals surface area contributed by atoms with E-state index in [1.165, 1.54) is 43.1 Å². The Labute approximate surface area is 313 Å². The topological polar surface area (TPSA) is 17.8 Å². The molecule has 4 heteroatoms. The van der Waals surface area contributed by atoms with E-state index >= 15 is 0 Å². The van der Waals surface area contributed by atoms with Crippen LogP contribution in [0, 0.1) is 0 Å². The van der Waals surface area contributed by atoms with E-state index in [1.807, 2.05) is 12.5 Å². The molecule has 0 bridgehead atoms. The van der Waals surface area contributed by atoms with Crippen molar-refractivity contribution in [3.63, 3.8) is 0 Å². The highest BCUT2D eigenvalue weighted by molar-refractivity contribution is 7.10. The van der Waals surface area contributed by atoms with Crippen LogP contribution in [-0.4, -0.2) is 24.3 Å². The molecule has 0 aliphatic heterocycles. The van der Waals surface area contributed by atoms with Gasteiger partial charge in [-0.2, -0.15) is 0 Å². The second-order valence-electron chi connectivity index (χ2n) is 15.8. The van der Waals surface area contributed by atoms with Gasteiger partial charge in [0.1, 0.15) is 0 Å². The van der Waals surface area contributed by atoms with Crippen LogP contribution < -0.4 is 31.9 Å². The Hall–Kier alpha value is -5.19. The van der Waals surface area contributed by atoms with Crippen LogP contribution in [0.4, 0.5) is 0 Å². The molecule has 0 N–H and O–H groups in total. The number of aromatic nitrogens is 2. The van der Waals surface area contributed by atoms with E-state index in [0.717, 1.165) is 6.17 Å². The third kappa shape index (κ3) is 8.46. The van der Waals surface area contributed by atoms with Crippen molar-refractivity contribution in [2.75, 3.05) is 0 Å². The predicted octanol–water partition coefficient (Wildman–Crippen LogP) is 7.39. The van der Waals surface area contributed by atoms with Crippen molar-refractivity contribution >= 4 is 46.7 Å². The first-order valence-electron chi connectivity index (χ1n) is 18.4. The van der Waals surface area contributed by atoms with E-state index in [1.54, 1.807) is 0 Å². The maximum atomic E-state index is 4.37. The normalized spacial score (nSPS) is 11.7. The van der Waals surface area contributed by atoms with Gasteiger partial charge < -0.3 is 4.57 Å². The number of hydrogen-bond acceptors (Lipinski definition) is 1. The standard InChI is InChI=1S/C30H36N2Si.C18H15B/c1-29(2,3)24-12-16-27(17-13-24)33(23-32-21-20-31-22-32,26-10-8-7-9-11-26)28-18-14-25(15-19-28)30(4,5)6;1-4-10-16(11-5-1)19(17-12-6-2-7-13-17)18-14-8-3-9-15-18/h7-22H,23H2,1-6H3;1-15H. The van der Waals surface area contributed by atoms with E-state index in [2.05, 4.69) is 227 Å². The largest absolute Gasteiger partial charge is 0.339 e. The summed E-state index contributed by atoms with van der Waals surface area (Å²) >= 11 is 0. The minimum absolute atomic E-state index is 0.133. The van der Waals surface area contributed by atoms with Crippen LogP contribution in [0.2, 0.25) is 0 Å². The highest BCUT2D eigenvalue weighted by Crippen LogP contribution is 2.24. The Kier molecular flexibility index (Phi) is 11.3. The van der Waals surface area contributed by atoms with Crippen LogP contribution in [0.1, 0.15) is 52.7 Å². The van der Waals surface area contributed by atoms with Crippen LogP contribution >= 0.6 is 0 Å². The molecule has 0 aliphatic carbocycles. The van der Waals surface area contributed by atoms with Gasteiger partial charge in [0.25, 0.3) is 0 Å². The average molecular weight is 695 g/mol. The molecule has 52 heavy (non-hydrogen) atoms. The molecule has 7 aromatic rings. The number of hydrogen-bond donors (Lipinski definition) is 0. The molecule has 7 rings (SSSR count). The molecule has 0 spiro atoms. The lowest BCUT2D eigenvalue weighted by atomic mass is 9.37. The average Bonchev–Trinajstić information content (AvgIpc) is 3.69. The third-order valence-electron chi connectivity index (χ3n) is 10.1. The van der Waals surface area contributed by atoms with E-state index < -0.39 is 8.07 Å². The van der Waals surface area contributed by atoms with E-state index in [0.29, 0.717) is 6.71 Å². The molecule has 0 saturated carbocycles. The van der Waals surface area contributed by atoms with Crippen LogP contribution in [0.25, 0.3) is 0 Å². The predicted molar refractivity (Wildman–Crippen MR) is 228 cm³/mol. The first-order valence-corrected chi connectivity index (χ1v) is 20.6. The third-order valence-corrected chi connectivity index (χ3v) is 14.9. The van der Waals surface area contributed by atoms with E-state index in [4.69, 9.17) is 0 Å². The smallest absolute Gasteiger partial charge is 0.241 e. The Morgan fingerprint density at radius 3 is 1.13 bits per heavy atom. The van der Waals surface area contributed by atoms with Gasteiger partial charge in [0.15, 0.2) is 8.07 Å². The summed E-state index contributed by atoms with van der Waals surface area (Å²) in [4.78, 5) is 4.37. The molecule has 0 unspecified atom stereocenters. The van der Waals surface area contributed by atoms with E-state index in [-0.39, 0.29) is 10.8 Å². The molecule has 0 saturated heterocycles.